The van der Waals surface area contributed by atoms with Crippen LogP contribution in [0.25, 0.3) is 122 Å². The zero-order chi connectivity index (χ0) is 55.9. The van der Waals surface area contributed by atoms with Gasteiger partial charge in [-0.05, 0) is 164 Å². The number of rotatable bonds is 12. The van der Waals surface area contributed by atoms with Crippen molar-refractivity contribution >= 4 is 65.8 Å². The third-order valence-corrected chi connectivity index (χ3v) is 16.4. The number of benzene rings is 10. The maximum atomic E-state index is 7.25. The van der Waals surface area contributed by atoms with Crippen molar-refractivity contribution in [3.8, 4) is 67.9 Å². The Hall–Kier alpha value is -9.59. The molecule has 14 rings (SSSR count). The largest absolute Gasteiger partial charge is 0.457 e. The fourth-order valence-corrected chi connectivity index (χ4v) is 12.3. The first-order valence-corrected chi connectivity index (χ1v) is 28.9. The minimum absolute atomic E-state index is 0.181. The van der Waals surface area contributed by atoms with Gasteiger partial charge in [0.15, 0.2) is 5.58 Å². The van der Waals surface area contributed by atoms with E-state index in [0.717, 1.165) is 83.1 Å². The van der Waals surface area contributed by atoms with Crippen LogP contribution in [0.5, 0.6) is 11.5 Å². The molecule has 0 saturated carbocycles. The number of pyridine rings is 1. The van der Waals surface area contributed by atoms with Crippen LogP contribution >= 0.6 is 0 Å². The van der Waals surface area contributed by atoms with Gasteiger partial charge in [-0.1, -0.05) is 183 Å². The normalized spacial score (nSPS) is 12.1. The topological polar surface area (TPSA) is 70.9 Å². The van der Waals surface area contributed by atoms with Gasteiger partial charge in [-0.15, -0.1) is 0 Å². The maximum absolute atomic E-state index is 7.25. The van der Waals surface area contributed by atoms with Crippen molar-refractivity contribution in [1.82, 2.24) is 24.1 Å². The molecule has 0 fully saturated rings. The van der Waals surface area contributed by atoms with Gasteiger partial charge in [-0.3, -0.25) is 9.13 Å². The van der Waals surface area contributed by atoms with Crippen LogP contribution in [0, 0.1) is 0 Å². The highest BCUT2D eigenvalue weighted by atomic mass is 16.5. The zero-order valence-electron chi connectivity index (χ0n) is 47.6. The Bertz CT molecular complexity index is 4730. The van der Waals surface area contributed by atoms with E-state index in [4.69, 9.17) is 24.1 Å². The number of aromatic nitrogens is 5. The minimum atomic E-state index is 0.181. The number of ether oxygens (including phenoxy) is 1. The molecule has 7 nitrogen and oxygen atoms in total. The number of hydrogen-bond acceptors (Lipinski definition) is 5. The number of furan rings is 1. The standard InChI is InChI=1S/C75H63N5O2/c1-44(2)57-37-52(48-22-11-9-12-23-48)38-58(45(3)4)71(57)79-67-32-19-17-30-65(67)77-74(79)51-27-21-28-54(36-51)81-55-41-62-70-69(43-61-56-29-16-15-26-50(56)34-35-64(61)76-70)82-73(62)63(42-55)75-78-66-31-18-20-33-68(66)80(75)72-59(46(5)6)39-53(40-60(72)47(7)8)49-24-13-10-14-25-49/h9-47H,1-8H3. The van der Waals surface area contributed by atoms with Crippen LogP contribution < -0.4 is 4.74 Å². The molecule has 14 aromatic rings. The van der Waals surface area contributed by atoms with E-state index >= 15 is 0 Å². The lowest BCUT2D eigenvalue weighted by Gasteiger charge is -2.24. The molecule has 7 heteroatoms. The highest BCUT2D eigenvalue weighted by Crippen LogP contribution is 2.46. The summed E-state index contributed by atoms with van der Waals surface area (Å²) in [5.74, 6) is 3.71. The van der Waals surface area contributed by atoms with Crippen molar-refractivity contribution in [3.05, 3.63) is 235 Å². The van der Waals surface area contributed by atoms with Gasteiger partial charge in [-0.2, -0.15) is 0 Å². The molecule has 0 aliphatic carbocycles. The van der Waals surface area contributed by atoms with E-state index in [0.29, 0.717) is 22.7 Å². The van der Waals surface area contributed by atoms with Gasteiger partial charge >= 0.3 is 0 Å². The molecule has 4 aromatic heterocycles. The quantitative estimate of drug-likeness (QED) is 0.114. The van der Waals surface area contributed by atoms with E-state index in [2.05, 4.69) is 271 Å². The van der Waals surface area contributed by atoms with E-state index in [1.54, 1.807) is 0 Å². The zero-order valence-corrected chi connectivity index (χ0v) is 47.6. The molecule has 0 amide bonds. The van der Waals surface area contributed by atoms with Crippen LogP contribution in [-0.2, 0) is 0 Å². The second-order valence-corrected chi connectivity index (χ2v) is 23.1. The van der Waals surface area contributed by atoms with Crippen molar-refractivity contribution in [2.75, 3.05) is 0 Å². The summed E-state index contributed by atoms with van der Waals surface area (Å²) in [6.07, 6.45) is 0. The molecular weight excluding hydrogens is 1000 g/mol. The molecule has 0 N–H and O–H groups in total. The lowest BCUT2D eigenvalue weighted by atomic mass is 9.88. The molecule has 400 valence electrons. The average molecular weight is 1070 g/mol. The smallest absolute Gasteiger partial charge is 0.154 e. The Morgan fingerprint density at radius 2 is 0.878 bits per heavy atom. The first-order chi connectivity index (χ1) is 39.9. The monoisotopic (exact) mass is 1070 g/mol. The number of fused-ring (bicyclic) bond motifs is 8. The molecule has 82 heavy (non-hydrogen) atoms. The molecule has 0 aliphatic heterocycles. The van der Waals surface area contributed by atoms with Crippen LogP contribution in [0.15, 0.2) is 217 Å². The Labute approximate surface area is 478 Å². The van der Waals surface area contributed by atoms with E-state index in [1.165, 1.54) is 50.2 Å². The summed E-state index contributed by atoms with van der Waals surface area (Å²) in [6, 6.07) is 75.4. The number of hydrogen-bond donors (Lipinski definition) is 0. The Kier molecular flexibility index (Phi) is 12.5. The van der Waals surface area contributed by atoms with E-state index in [9.17, 15) is 0 Å². The van der Waals surface area contributed by atoms with Gasteiger partial charge in [0, 0.05) is 10.9 Å². The van der Waals surface area contributed by atoms with Crippen molar-refractivity contribution in [3.63, 3.8) is 0 Å². The van der Waals surface area contributed by atoms with Crippen LogP contribution in [0.4, 0.5) is 0 Å². The molecule has 0 aliphatic rings. The molecule has 0 atom stereocenters. The van der Waals surface area contributed by atoms with E-state index in [1.807, 2.05) is 6.07 Å². The van der Waals surface area contributed by atoms with Gasteiger partial charge in [0.2, 0.25) is 0 Å². The van der Waals surface area contributed by atoms with E-state index < -0.39 is 0 Å². The lowest BCUT2D eigenvalue weighted by molar-refractivity contribution is 0.483. The SMILES string of the molecule is CC(C)c1cc(-c2ccccc2)cc(C(C)C)c1-n1c(-c2cccc(Oc3cc(-c4nc5ccccc5n4-c4c(C(C)C)cc(-c5ccccc5)cc4C(C)C)c4oc5cc6c(ccc7ccccc76)nc5c4c3)c2)nc2ccccc21. The molecule has 0 saturated heterocycles. The third-order valence-electron chi connectivity index (χ3n) is 16.4. The number of imidazole rings is 2. The number of para-hydroxylation sites is 4. The molecule has 0 spiro atoms. The van der Waals surface area contributed by atoms with Crippen molar-refractivity contribution in [1.29, 1.82) is 0 Å². The summed E-state index contributed by atoms with van der Waals surface area (Å²) < 4.78 is 19.2. The predicted molar refractivity (Wildman–Crippen MR) is 340 cm³/mol. The molecular formula is C75H63N5O2. The van der Waals surface area contributed by atoms with Crippen molar-refractivity contribution in [2.45, 2.75) is 79.1 Å². The van der Waals surface area contributed by atoms with Gasteiger partial charge in [-0.25, -0.2) is 15.0 Å². The molecule has 10 aromatic carbocycles. The molecule has 0 unspecified atom stereocenters. The van der Waals surface area contributed by atoms with E-state index in [-0.39, 0.29) is 23.7 Å². The van der Waals surface area contributed by atoms with Crippen LogP contribution in [-0.4, -0.2) is 24.1 Å². The summed E-state index contributed by atoms with van der Waals surface area (Å²) in [4.78, 5) is 16.5. The van der Waals surface area contributed by atoms with Crippen LogP contribution in [0.1, 0.15) is 101 Å². The van der Waals surface area contributed by atoms with Crippen LogP contribution in [0.2, 0.25) is 0 Å². The highest BCUT2D eigenvalue weighted by Gasteiger charge is 2.28. The maximum Gasteiger partial charge on any atom is 0.154 e. The summed E-state index contributed by atoms with van der Waals surface area (Å²) in [7, 11) is 0. The van der Waals surface area contributed by atoms with Gasteiger partial charge < -0.3 is 9.15 Å². The lowest BCUT2D eigenvalue weighted by Crippen LogP contribution is -2.09. The molecule has 0 bridgehead atoms. The third kappa shape index (κ3) is 8.62. The summed E-state index contributed by atoms with van der Waals surface area (Å²) >= 11 is 0. The Balaban J connectivity index is 0.988. The minimum Gasteiger partial charge on any atom is -0.457 e. The summed E-state index contributed by atoms with van der Waals surface area (Å²) in [5.41, 5.74) is 20.7. The first kappa shape index (κ1) is 50.6. The Morgan fingerprint density at radius 3 is 1.46 bits per heavy atom. The second-order valence-electron chi connectivity index (χ2n) is 23.1. The van der Waals surface area contributed by atoms with Crippen molar-refractivity contribution < 1.29 is 9.15 Å². The summed E-state index contributed by atoms with van der Waals surface area (Å²) in [5, 5.41) is 4.15. The molecule has 4 heterocycles. The van der Waals surface area contributed by atoms with Crippen molar-refractivity contribution in [2.24, 2.45) is 0 Å². The second kappa shape index (κ2) is 20.2. The van der Waals surface area contributed by atoms with Gasteiger partial charge in [0.25, 0.3) is 0 Å². The fraction of sp³-hybridized carbons (Fsp3) is 0.160. The first-order valence-electron chi connectivity index (χ1n) is 28.9. The molecule has 0 radical (unpaired) electrons. The fourth-order valence-electron chi connectivity index (χ4n) is 12.3. The Morgan fingerprint density at radius 1 is 0.366 bits per heavy atom. The summed E-state index contributed by atoms with van der Waals surface area (Å²) in [6.45, 7) is 18.3. The number of nitrogens with zero attached hydrogens (tertiary/aromatic N) is 5. The predicted octanol–water partition coefficient (Wildman–Crippen LogP) is 20.9. The van der Waals surface area contributed by atoms with Gasteiger partial charge in [0.05, 0.1) is 49.9 Å². The average Bonchev–Trinajstić information content (AvgIpc) is 4.01. The van der Waals surface area contributed by atoms with Gasteiger partial charge in [0.1, 0.15) is 34.2 Å². The van der Waals surface area contributed by atoms with Crippen LogP contribution in [0.3, 0.4) is 0 Å². The highest BCUT2D eigenvalue weighted by molar-refractivity contribution is 6.15.